The van der Waals surface area contributed by atoms with E-state index in [2.05, 4.69) is 26.8 Å². The van der Waals surface area contributed by atoms with Crippen molar-refractivity contribution in [2.75, 3.05) is 6.54 Å². The molecule has 0 aliphatic heterocycles. The molecule has 16 heavy (non-hydrogen) atoms. The Kier molecular flexibility index (Phi) is 5.67. The Morgan fingerprint density at radius 2 is 2.00 bits per heavy atom. The second kappa shape index (κ2) is 6.53. The van der Waals surface area contributed by atoms with Crippen LogP contribution in [0.4, 0.5) is 0 Å². The van der Waals surface area contributed by atoms with Crippen molar-refractivity contribution in [1.82, 2.24) is 0 Å². The molecule has 0 amide bonds. The van der Waals surface area contributed by atoms with Crippen LogP contribution in [0.15, 0.2) is 23.1 Å². The summed E-state index contributed by atoms with van der Waals surface area (Å²) >= 11 is 8.09. The van der Waals surface area contributed by atoms with Crippen LogP contribution in [0.2, 0.25) is 5.02 Å². The van der Waals surface area contributed by atoms with Crippen molar-refractivity contribution in [1.29, 1.82) is 0 Å². The summed E-state index contributed by atoms with van der Waals surface area (Å²) in [7, 11) is 0. The summed E-state index contributed by atoms with van der Waals surface area (Å²) in [6.45, 7) is 7.38. The number of rotatable bonds is 5. The molecule has 0 saturated heterocycles. The number of hydrogen-bond donors (Lipinski definition) is 1. The zero-order chi connectivity index (χ0) is 12.1. The molecule has 90 valence electrons. The van der Waals surface area contributed by atoms with E-state index in [0.717, 1.165) is 11.4 Å². The van der Waals surface area contributed by atoms with E-state index >= 15 is 0 Å². The molecule has 0 aliphatic carbocycles. The maximum absolute atomic E-state index is 6.20. The van der Waals surface area contributed by atoms with Gasteiger partial charge in [0.15, 0.2) is 0 Å². The molecule has 1 rings (SSSR count). The van der Waals surface area contributed by atoms with Crippen molar-refractivity contribution in [2.45, 2.75) is 37.3 Å². The van der Waals surface area contributed by atoms with Crippen molar-refractivity contribution in [3.8, 4) is 0 Å². The number of benzene rings is 1. The van der Waals surface area contributed by atoms with Gasteiger partial charge in [0.25, 0.3) is 0 Å². The predicted molar refractivity (Wildman–Crippen MR) is 74.4 cm³/mol. The second-order valence-electron chi connectivity index (χ2n) is 4.32. The fraction of sp³-hybridized carbons (Fsp3) is 0.538. The van der Waals surface area contributed by atoms with Gasteiger partial charge < -0.3 is 5.73 Å². The minimum absolute atomic E-state index is 0.593. The summed E-state index contributed by atoms with van der Waals surface area (Å²) < 4.78 is 0. The molecule has 0 bridgehead atoms. The molecule has 0 heterocycles. The Bertz CT molecular complexity index is 339. The van der Waals surface area contributed by atoms with Crippen LogP contribution < -0.4 is 5.73 Å². The molecule has 1 aromatic carbocycles. The quantitative estimate of drug-likeness (QED) is 0.808. The molecule has 1 nitrogen and oxygen atoms in total. The first kappa shape index (κ1) is 13.9. The second-order valence-corrected chi connectivity index (χ2v) is 6.15. The van der Waals surface area contributed by atoms with Crippen LogP contribution in [-0.2, 0) is 6.42 Å². The normalized spacial score (nSPS) is 13.1. The summed E-state index contributed by atoms with van der Waals surface area (Å²) in [4.78, 5) is 1.28. The minimum atomic E-state index is 0.593. The first-order chi connectivity index (χ1) is 7.56. The van der Waals surface area contributed by atoms with Gasteiger partial charge in [0.1, 0.15) is 0 Å². The zero-order valence-corrected chi connectivity index (χ0v) is 11.7. The summed E-state index contributed by atoms with van der Waals surface area (Å²) in [6, 6.07) is 6.09. The Balaban J connectivity index is 2.90. The van der Waals surface area contributed by atoms with E-state index in [-0.39, 0.29) is 0 Å². The number of nitrogens with two attached hydrogens (primary N) is 1. The smallest absolute Gasteiger partial charge is 0.0449 e. The van der Waals surface area contributed by atoms with Gasteiger partial charge in [-0.2, -0.15) is 0 Å². The Hall–Kier alpha value is -0.180. The summed E-state index contributed by atoms with van der Waals surface area (Å²) in [6.07, 6.45) is 0.854. The van der Waals surface area contributed by atoms with Crippen molar-refractivity contribution < 1.29 is 0 Å². The van der Waals surface area contributed by atoms with E-state index in [9.17, 15) is 0 Å². The van der Waals surface area contributed by atoms with E-state index in [0.29, 0.717) is 17.7 Å². The molecular weight excluding hydrogens is 238 g/mol. The summed E-state index contributed by atoms with van der Waals surface area (Å²) in [5.74, 6) is 0.662. The lowest BCUT2D eigenvalue weighted by molar-refractivity contribution is 0.642. The highest BCUT2D eigenvalue weighted by Crippen LogP contribution is 2.33. The molecule has 1 atom stereocenters. The van der Waals surface area contributed by atoms with Crippen molar-refractivity contribution in [3.63, 3.8) is 0 Å². The average molecular weight is 258 g/mol. The zero-order valence-electron chi connectivity index (χ0n) is 10.2. The summed E-state index contributed by atoms with van der Waals surface area (Å²) in [5.41, 5.74) is 6.82. The Morgan fingerprint density at radius 3 is 2.56 bits per heavy atom. The standard InChI is InChI=1S/C13H20ClNS/c1-9(2)10(3)16-13-6-4-5-12(14)11(13)7-8-15/h4-6,9-10H,7-8,15H2,1-3H3. The van der Waals surface area contributed by atoms with E-state index < -0.39 is 0 Å². The molecule has 0 radical (unpaired) electrons. The molecule has 1 unspecified atom stereocenters. The minimum Gasteiger partial charge on any atom is -0.330 e. The maximum Gasteiger partial charge on any atom is 0.0449 e. The van der Waals surface area contributed by atoms with Gasteiger partial charge in [-0.05, 0) is 36.6 Å². The SMILES string of the molecule is CC(C)C(C)Sc1cccc(Cl)c1CCN. The molecule has 0 saturated carbocycles. The average Bonchev–Trinajstić information content (AvgIpc) is 2.23. The number of thioether (sulfide) groups is 1. The highest BCUT2D eigenvalue weighted by molar-refractivity contribution is 8.00. The third-order valence-electron chi connectivity index (χ3n) is 2.72. The van der Waals surface area contributed by atoms with Crippen molar-refractivity contribution in [2.24, 2.45) is 11.7 Å². The largest absolute Gasteiger partial charge is 0.330 e. The maximum atomic E-state index is 6.20. The van der Waals surface area contributed by atoms with Gasteiger partial charge in [-0.25, -0.2) is 0 Å². The van der Waals surface area contributed by atoms with Crippen LogP contribution in [-0.4, -0.2) is 11.8 Å². The van der Waals surface area contributed by atoms with E-state index in [1.54, 1.807) is 0 Å². The van der Waals surface area contributed by atoms with Gasteiger partial charge in [-0.3, -0.25) is 0 Å². The fourth-order valence-electron chi connectivity index (χ4n) is 1.37. The monoisotopic (exact) mass is 257 g/mol. The molecule has 0 aromatic heterocycles. The van der Waals surface area contributed by atoms with Gasteiger partial charge in [0.2, 0.25) is 0 Å². The lowest BCUT2D eigenvalue weighted by Crippen LogP contribution is -2.08. The van der Waals surface area contributed by atoms with Crippen LogP contribution in [0.5, 0.6) is 0 Å². The van der Waals surface area contributed by atoms with Crippen LogP contribution >= 0.6 is 23.4 Å². The molecule has 0 fully saturated rings. The third kappa shape index (κ3) is 3.69. The van der Waals surface area contributed by atoms with Crippen LogP contribution in [0.3, 0.4) is 0 Å². The highest BCUT2D eigenvalue weighted by atomic mass is 35.5. The van der Waals surface area contributed by atoms with Crippen LogP contribution in [0.1, 0.15) is 26.3 Å². The lowest BCUT2D eigenvalue weighted by Gasteiger charge is -2.17. The van der Waals surface area contributed by atoms with Gasteiger partial charge >= 0.3 is 0 Å². The van der Waals surface area contributed by atoms with Crippen molar-refractivity contribution >= 4 is 23.4 Å². The van der Waals surface area contributed by atoms with Gasteiger partial charge in [-0.15, -0.1) is 11.8 Å². The first-order valence-corrected chi connectivity index (χ1v) is 6.96. The molecule has 3 heteroatoms. The van der Waals surface area contributed by atoms with E-state index in [4.69, 9.17) is 17.3 Å². The first-order valence-electron chi connectivity index (χ1n) is 5.70. The summed E-state index contributed by atoms with van der Waals surface area (Å²) in [5, 5.41) is 1.43. The highest BCUT2D eigenvalue weighted by Gasteiger charge is 2.13. The lowest BCUT2D eigenvalue weighted by atomic mass is 10.1. The topological polar surface area (TPSA) is 26.0 Å². The fourth-order valence-corrected chi connectivity index (χ4v) is 2.88. The number of halogens is 1. The Labute approximate surface area is 108 Å². The van der Waals surface area contributed by atoms with Gasteiger partial charge in [0.05, 0.1) is 0 Å². The van der Waals surface area contributed by atoms with E-state index in [1.807, 2.05) is 23.9 Å². The predicted octanol–water partition coefficient (Wildman–Crippen LogP) is 3.98. The third-order valence-corrected chi connectivity index (χ3v) is 4.63. The molecule has 1 aromatic rings. The van der Waals surface area contributed by atoms with Gasteiger partial charge in [0, 0.05) is 15.2 Å². The molecular formula is C13H20ClNS. The van der Waals surface area contributed by atoms with Gasteiger partial charge in [-0.1, -0.05) is 38.4 Å². The van der Waals surface area contributed by atoms with E-state index in [1.165, 1.54) is 10.5 Å². The van der Waals surface area contributed by atoms with Crippen LogP contribution in [0, 0.1) is 5.92 Å². The molecule has 0 aliphatic rings. The molecule has 2 N–H and O–H groups in total. The Morgan fingerprint density at radius 1 is 1.31 bits per heavy atom. The number of hydrogen-bond acceptors (Lipinski definition) is 2. The molecule has 0 spiro atoms. The van der Waals surface area contributed by atoms with Crippen LogP contribution in [0.25, 0.3) is 0 Å². The van der Waals surface area contributed by atoms with Crippen molar-refractivity contribution in [3.05, 3.63) is 28.8 Å².